The van der Waals surface area contributed by atoms with Crippen LogP contribution in [0.15, 0.2) is 12.1 Å². The molecule has 264 valence electrons. The Balaban J connectivity index is 2.89. The van der Waals surface area contributed by atoms with Crippen molar-refractivity contribution >= 4 is 17.9 Å². The van der Waals surface area contributed by atoms with E-state index in [2.05, 4.69) is 41.5 Å². The number of unbranched alkanes of at least 4 members (excludes halogenated alkanes) is 9. The second-order valence-corrected chi connectivity index (χ2v) is 13.9. The summed E-state index contributed by atoms with van der Waals surface area (Å²) in [5, 5.41) is 0. The second-order valence-electron chi connectivity index (χ2n) is 13.9. The van der Waals surface area contributed by atoms with Gasteiger partial charge < -0.3 is 14.2 Å². The summed E-state index contributed by atoms with van der Waals surface area (Å²) in [7, 11) is 0. The molecule has 46 heavy (non-hydrogen) atoms. The fourth-order valence-electron chi connectivity index (χ4n) is 5.72. The number of hydrogen-bond acceptors (Lipinski definition) is 6. The maximum Gasteiger partial charge on any atom is 0.311 e. The molecule has 0 spiro atoms. The Bertz CT molecular complexity index is 929. The number of benzene rings is 1. The zero-order valence-electron chi connectivity index (χ0n) is 30.7. The van der Waals surface area contributed by atoms with Gasteiger partial charge >= 0.3 is 17.9 Å². The number of esters is 3. The van der Waals surface area contributed by atoms with Gasteiger partial charge in [-0.3, -0.25) is 14.4 Å². The van der Waals surface area contributed by atoms with Gasteiger partial charge in [0.05, 0.1) is 0 Å². The van der Waals surface area contributed by atoms with Crippen LogP contribution in [-0.2, 0) is 14.4 Å². The minimum Gasteiger partial charge on any atom is -0.426 e. The molecule has 0 aromatic heterocycles. The number of rotatable bonds is 27. The third-order valence-electron chi connectivity index (χ3n) is 9.14. The Morgan fingerprint density at radius 1 is 0.500 bits per heavy atom. The lowest BCUT2D eigenvalue weighted by molar-refractivity contribution is -0.135. The van der Waals surface area contributed by atoms with Gasteiger partial charge in [0, 0.05) is 37.0 Å². The van der Waals surface area contributed by atoms with Gasteiger partial charge in [0.2, 0.25) is 0 Å². The molecule has 6 heteroatoms. The molecular formula is C40H68O6. The molecule has 0 aliphatic rings. The topological polar surface area (TPSA) is 78.9 Å². The van der Waals surface area contributed by atoms with E-state index in [0.29, 0.717) is 42.6 Å². The van der Waals surface area contributed by atoms with Crippen LogP contribution in [0.3, 0.4) is 0 Å². The smallest absolute Gasteiger partial charge is 0.311 e. The zero-order valence-corrected chi connectivity index (χ0v) is 30.7. The predicted molar refractivity (Wildman–Crippen MR) is 190 cm³/mol. The number of carbonyl (C=O) groups excluding carboxylic acids is 3. The third-order valence-corrected chi connectivity index (χ3v) is 9.14. The monoisotopic (exact) mass is 645 g/mol. The van der Waals surface area contributed by atoms with E-state index in [-0.39, 0.29) is 35.2 Å². The van der Waals surface area contributed by atoms with Crippen molar-refractivity contribution in [3.8, 4) is 17.2 Å². The highest BCUT2D eigenvalue weighted by Crippen LogP contribution is 2.35. The quantitative estimate of drug-likeness (QED) is 0.0538. The molecule has 0 aliphatic heterocycles. The average Bonchev–Trinajstić information content (AvgIpc) is 3.02. The summed E-state index contributed by atoms with van der Waals surface area (Å²) < 4.78 is 17.3. The maximum absolute atomic E-state index is 12.9. The molecule has 0 radical (unpaired) electrons. The SMILES string of the molecule is CCCCCCC(C)CCC(=O)Oc1cc(OC(=O)CCC(C)CCCCCC)c(C)c(OC(=O)CCC(C)CCCCCC)c1. The van der Waals surface area contributed by atoms with Crippen LogP contribution >= 0.6 is 0 Å². The number of hydrogen-bond donors (Lipinski definition) is 0. The number of ether oxygens (including phenoxy) is 3. The van der Waals surface area contributed by atoms with Crippen molar-refractivity contribution in [3.63, 3.8) is 0 Å². The Morgan fingerprint density at radius 3 is 1.15 bits per heavy atom. The molecule has 6 nitrogen and oxygen atoms in total. The van der Waals surface area contributed by atoms with Crippen LogP contribution in [0.5, 0.6) is 17.2 Å². The van der Waals surface area contributed by atoms with Crippen molar-refractivity contribution in [1.82, 2.24) is 0 Å². The van der Waals surface area contributed by atoms with Crippen molar-refractivity contribution in [2.45, 2.75) is 183 Å². The lowest BCUT2D eigenvalue weighted by atomic mass is 9.98. The highest BCUT2D eigenvalue weighted by molar-refractivity contribution is 5.77. The summed E-state index contributed by atoms with van der Waals surface area (Å²) in [4.78, 5) is 38.6. The first kappa shape index (κ1) is 41.7. The Morgan fingerprint density at radius 2 is 0.826 bits per heavy atom. The van der Waals surface area contributed by atoms with Crippen LogP contribution in [0, 0.1) is 24.7 Å². The first-order valence-corrected chi connectivity index (χ1v) is 18.9. The predicted octanol–water partition coefficient (Wildman–Crippen LogP) is 11.9. The molecule has 1 aromatic rings. The molecular weight excluding hydrogens is 576 g/mol. The van der Waals surface area contributed by atoms with Gasteiger partial charge in [0.25, 0.3) is 0 Å². The van der Waals surface area contributed by atoms with E-state index in [1.807, 2.05) is 0 Å². The van der Waals surface area contributed by atoms with Crippen LogP contribution in [0.2, 0.25) is 0 Å². The Kier molecular flexibility index (Phi) is 23.3. The molecule has 0 amide bonds. The largest absolute Gasteiger partial charge is 0.426 e. The van der Waals surface area contributed by atoms with E-state index < -0.39 is 0 Å². The van der Waals surface area contributed by atoms with Crippen molar-refractivity contribution < 1.29 is 28.6 Å². The molecule has 0 aliphatic carbocycles. The van der Waals surface area contributed by atoms with Crippen molar-refractivity contribution in [2.24, 2.45) is 17.8 Å². The summed E-state index contributed by atoms with van der Waals surface area (Å²) in [6, 6.07) is 3.15. The summed E-state index contributed by atoms with van der Waals surface area (Å²) >= 11 is 0. The molecule has 0 N–H and O–H groups in total. The Hall–Kier alpha value is -2.37. The summed E-state index contributed by atoms with van der Waals surface area (Å²) in [5.74, 6) is 1.08. The maximum atomic E-state index is 12.9. The fraction of sp³-hybridized carbons (Fsp3) is 0.775. The second kappa shape index (κ2) is 25.7. The highest BCUT2D eigenvalue weighted by Gasteiger charge is 2.19. The third kappa shape index (κ3) is 20.0. The van der Waals surface area contributed by atoms with Crippen molar-refractivity contribution in [1.29, 1.82) is 0 Å². The molecule has 1 rings (SSSR count). The standard InChI is InChI=1S/C40H68O6/c1-8-11-14-17-20-31(4)23-26-38(41)44-35-29-36(45-39(42)27-24-32(5)21-18-15-12-9-2)34(7)37(30-35)46-40(43)28-25-33(6)22-19-16-13-10-3/h29-33H,8-28H2,1-7H3. The minimum atomic E-state index is -0.340. The van der Waals surface area contributed by atoms with Crippen LogP contribution in [-0.4, -0.2) is 17.9 Å². The van der Waals surface area contributed by atoms with Gasteiger partial charge in [-0.1, -0.05) is 138 Å². The number of carbonyl (C=O) groups is 3. The molecule has 3 atom stereocenters. The van der Waals surface area contributed by atoms with Gasteiger partial charge in [-0.15, -0.1) is 0 Å². The van der Waals surface area contributed by atoms with Crippen molar-refractivity contribution in [2.75, 3.05) is 0 Å². The van der Waals surface area contributed by atoms with E-state index in [4.69, 9.17) is 14.2 Å². The highest BCUT2D eigenvalue weighted by atomic mass is 16.6. The van der Waals surface area contributed by atoms with E-state index in [9.17, 15) is 14.4 Å². The molecule has 0 fully saturated rings. The first-order chi connectivity index (χ1) is 22.1. The van der Waals surface area contributed by atoms with Gasteiger partial charge in [-0.05, 0) is 43.9 Å². The fourth-order valence-corrected chi connectivity index (χ4v) is 5.72. The molecule has 0 heterocycles. The molecule has 1 aromatic carbocycles. The zero-order chi connectivity index (χ0) is 34.2. The van der Waals surface area contributed by atoms with E-state index >= 15 is 0 Å². The normalized spacial score (nSPS) is 13.2. The van der Waals surface area contributed by atoms with Gasteiger partial charge in [-0.2, -0.15) is 0 Å². The molecule has 0 saturated carbocycles. The van der Waals surface area contributed by atoms with Crippen LogP contribution in [0.4, 0.5) is 0 Å². The van der Waals surface area contributed by atoms with Crippen molar-refractivity contribution in [3.05, 3.63) is 17.7 Å². The Labute approximate surface area is 282 Å². The van der Waals surface area contributed by atoms with Crippen LogP contribution in [0.1, 0.15) is 182 Å². The summed E-state index contributed by atoms with van der Waals surface area (Å²) in [6.07, 6.45) is 21.1. The molecule has 0 saturated heterocycles. The van der Waals surface area contributed by atoms with Gasteiger partial charge in [0.1, 0.15) is 17.2 Å². The lowest BCUT2D eigenvalue weighted by Crippen LogP contribution is -2.14. The summed E-state index contributed by atoms with van der Waals surface area (Å²) in [5.41, 5.74) is 0.544. The molecule has 3 unspecified atom stereocenters. The lowest BCUT2D eigenvalue weighted by Gasteiger charge is -2.16. The van der Waals surface area contributed by atoms with E-state index in [0.717, 1.165) is 38.5 Å². The van der Waals surface area contributed by atoms with E-state index in [1.54, 1.807) is 19.1 Å². The van der Waals surface area contributed by atoms with Gasteiger partial charge in [0.15, 0.2) is 0 Å². The molecule has 0 bridgehead atoms. The average molecular weight is 645 g/mol. The summed E-state index contributed by atoms with van der Waals surface area (Å²) in [6.45, 7) is 14.9. The van der Waals surface area contributed by atoms with Crippen LogP contribution < -0.4 is 14.2 Å². The van der Waals surface area contributed by atoms with E-state index in [1.165, 1.54) is 77.0 Å². The van der Waals surface area contributed by atoms with Gasteiger partial charge in [-0.25, -0.2) is 0 Å². The first-order valence-electron chi connectivity index (χ1n) is 18.9. The van der Waals surface area contributed by atoms with Crippen LogP contribution in [0.25, 0.3) is 0 Å². The minimum absolute atomic E-state index is 0.227.